The van der Waals surface area contributed by atoms with Crippen molar-refractivity contribution in [2.75, 3.05) is 26.2 Å². The Kier molecular flexibility index (Phi) is 9.66. The van der Waals surface area contributed by atoms with Gasteiger partial charge in [-0.05, 0) is 36.3 Å². The van der Waals surface area contributed by atoms with E-state index < -0.39 is 0 Å². The number of hydrogen-bond donors (Lipinski definition) is 2. The molecule has 0 spiro atoms. The SMILES string of the molecule is CC(C)Cc1ccc(CC(=O)N2CCCC(C(=O)NCCN)C2)cc1.Cl. The van der Waals surface area contributed by atoms with Gasteiger partial charge >= 0.3 is 0 Å². The normalized spacial score (nSPS) is 16.9. The van der Waals surface area contributed by atoms with Crippen molar-refractivity contribution in [3.8, 4) is 0 Å². The van der Waals surface area contributed by atoms with Crippen molar-refractivity contribution < 1.29 is 9.59 Å². The minimum Gasteiger partial charge on any atom is -0.355 e. The maximum Gasteiger partial charge on any atom is 0.227 e. The molecule has 1 aromatic carbocycles. The summed E-state index contributed by atoms with van der Waals surface area (Å²) in [5.74, 6) is 0.634. The predicted octanol–water partition coefficient (Wildman–Crippen LogP) is 2.16. The molecule has 26 heavy (non-hydrogen) atoms. The number of amides is 2. The number of halogens is 1. The molecule has 1 fully saturated rings. The van der Waals surface area contributed by atoms with Gasteiger partial charge in [0.15, 0.2) is 0 Å². The summed E-state index contributed by atoms with van der Waals surface area (Å²) in [6, 6.07) is 8.32. The molecule has 2 rings (SSSR count). The third-order valence-corrected chi connectivity index (χ3v) is 4.61. The standard InChI is InChI=1S/C20H31N3O2.ClH/c1-15(2)12-16-5-7-17(8-6-16)13-19(24)23-11-3-4-18(14-23)20(25)22-10-9-21;/h5-8,15,18H,3-4,9-14,21H2,1-2H3,(H,22,25);1H. The Morgan fingerprint density at radius 2 is 1.88 bits per heavy atom. The number of hydrogen-bond acceptors (Lipinski definition) is 3. The molecule has 0 aliphatic carbocycles. The monoisotopic (exact) mass is 381 g/mol. The van der Waals surface area contributed by atoms with Gasteiger partial charge in [0.2, 0.25) is 11.8 Å². The number of carbonyl (C=O) groups is 2. The Labute approximate surface area is 163 Å². The third-order valence-electron chi connectivity index (χ3n) is 4.61. The third kappa shape index (κ3) is 6.96. The van der Waals surface area contributed by atoms with Crippen LogP contribution in [0.15, 0.2) is 24.3 Å². The summed E-state index contributed by atoms with van der Waals surface area (Å²) in [4.78, 5) is 26.5. The Hall–Kier alpha value is -1.59. The lowest BCUT2D eigenvalue weighted by atomic mass is 9.96. The lowest BCUT2D eigenvalue weighted by Crippen LogP contribution is -2.46. The van der Waals surface area contributed by atoms with Gasteiger partial charge in [-0.15, -0.1) is 12.4 Å². The van der Waals surface area contributed by atoms with E-state index in [1.54, 1.807) is 0 Å². The lowest BCUT2D eigenvalue weighted by Gasteiger charge is -2.32. The molecule has 0 radical (unpaired) electrons. The lowest BCUT2D eigenvalue weighted by molar-refractivity contribution is -0.135. The summed E-state index contributed by atoms with van der Waals surface area (Å²) < 4.78 is 0. The van der Waals surface area contributed by atoms with Crippen LogP contribution >= 0.6 is 12.4 Å². The number of piperidine rings is 1. The first-order valence-corrected chi connectivity index (χ1v) is 9.33. The minimum absolute atomic E-state index is 0. The van der Waals surface area contributed by atoms with Crippen LogP contribution in [0, 0.1) is 11.8 Å². The van der Waals surface area contributed by atoms with E-state index in [4.69, 9.17) is 5.73 Å². The summed E-state index contributed by atoms with van der Waals surface area (Å²) >= 11 is 0. The van der Waals surface area contributed by atoms with Crippen LogP contribution in [0.1, 0.15) is 37.8 Å². The largest absolute Gasteiger partial charge is 0.355 e. The van der Waals surface area contributed by atoms with Crippen LogP contribution in [-0.4, -0.2) is 42.9 Å². The van der Waals surface area contributed by atoms with Crippen LogP contribution in [0.3, 0.4) is 0 Å². The zero-order valence-electron chi connectivity index (χ0n) is 15.9. The smallest absolute Gasteiger partial charge is 0.227 e. The molecule has 1 unspecified atom stereocenters. The van der Waals surface area contributed by atoms with E-state index in [1.165, 1.54) is 5.56 Å². The van der Waals surface area contributed by atoms with Gasteiger partial charge in [0, 0.05) is 26.2 Å². The van der Waals surface area contributed by atoms with Gasteiger partial charge in [-0.25, -0.2) is 0 Å². The van der Waals surface area contributed by atoms with E-state index in [0.29, 0.717) is 32.0 Å². The number of carbonyl (C=O) groups excluding carboxylic acids is 2. The van der Waals surface area contributed by atoms with Gasteiger partial charge in [0.1, 0.15) is 0 Å². The molecule has 0 bridgehead atoms. The van der Waals surface area contributed by atoms with Crippen LogP contribution in [0.5, 0.6) is 0 Å². The zero-order chi connectivity index (χ0) is 18.2. The molecule has 1 aliphatic heterocycles. The molecular formula is C20H32ClN3O2. The second kappa shape index (κ2) is 11.2. The van der Waals surface area contributed by atoms with Crippen molar-refractivity contribution in [3.63, 3.8) is 0 Å². The number of rotatable bonds is 7. The highest BCUT2D eigenvalue weighted by Crippen LogP contribution is 2.18. The van der Waals surface area contributed by atoms with Crippen LogP contribution in [0.2, 0.25) is 0 Å². The molecule has 3 N–H and O–H groups in total. The van der Waals surface area contributed by atoms with Gasteiger partial charge in [-0.3, -0.25) is 9.59 Å². The van der Waals surface area contributed by atoms with Crippen LogP contribution in [0.4, 0.5) is 0 Å². The summed E-state index contributed by atoms with van der Waals surface area (Å²) in [5, 5.41) is 2.83. The van der Waals surface area contributed by atoms with E-state index in [-0.39, 0.29) is 30.1 Å². The summed E-state index contributed by atoms with van der Waals surface area (Å²) in [6.45, 7) is 6.59. The first-order chi connectivity index (χ1) is 12.0. The molecule has 0 saturated carbocycles. The van der Waals surface area contributed by atoms with E-state index in [1.807, 2.05) is 17.0 Å². The Morgan fingerprint density at radius 1 is 1.23 bits per heavy atom. The number of likely N-dealkylation sites (tertiary alicyclic amines) is 1. The van der Waals surface area contributed by atoms with Crippen molar-refractivity contribution in [1.29, 1.82) is 0 Å². The van der Waals surface area contributed by atoms with Crippen molar-refractivity contribution in [2.45, 2.75) is 39.5 Å². The quantitative estimate of drug-likeness (QED) is 0.759. The van der Waals surface area contributed by atoms with E-state index >= 15 is 0 Å². The second-order valence-corrected chi connectivity index (χ2v) is 7.35. The van der Waals surface area contributed by atoms with Gasteiger partial charge in [-0.1, -0.05) is 38.1 Å². The molecule has 0 aromatic heterocycles. The van der Waals surface area contributed by atoms with Crippen molar-refractivity contribution in [2.24, 2.45) is 17.6 Å². The predicted molar refractivity (Wildman–Crippen MR) is 107 cm³/mol. The van der Waals surface area contributed by atoms with Gasteiger partial charge in [-0.2, -0.15) is 0 Å². The van der Waals surface area contributed by atoms with E-state index in [0.717, 1.165) is 31.4 Å². The molecule has 1 heterocycles. The Balaban J connectivity index is 0.00000338. The first kappa shape index (κ1) is 22.5. The van der Waals surface area contributed by atoms with E-state index in [2.05, 4.69) is 31.3 Å². The zero-order valence-corrected chi connectivity index (χ0v) is 16.7. The number of nitrogens with two attached hydrogens (primary N) is 1. The maximum absolute atomic E-state index is 12.6. The Bertz CT molecular complexity index is 575. The fourth-order valence-corrected chi connectivity index (χ4v) is 3.31. The van der Waals surface area contributed by atoms with Gasteiger partial charge < -0.3 is 16.0 Å². The van der Waals surface area contributed by atoms with Gasteiger partial charge in [0.05, 0.1) is 12.3 Å². The number of nitrogens with zero attached hydrogens (tertiary/aromatic N) is 1. The Morgan fingerprint density at radius 3 is 2.50 bits per heavy atom. The summed E-state index contributed by atoms with van der Waals surface area (Å²) in [5.41, 5.74) is 7.77. The molecule has 6 heteroatoms. The minimum atomic E-state index is -0.113. The highest BCUT2D eigenvalue weighted by atomic mass is 35.5. The molecule has 1 aliphatic rings. The topological polar surface area (TPSA) is 75.4 Å². The maximum atomic E-state index is 12.6. The van der Waals surface area contributed by atoms with Crippen LogP contribution in [-0.2, 0) is 22.4 Å². The molecule has 1 saturated heterocycles. The van der Waals surface area contributed by atoms with Crippen molar-refractivity contribution in [1.82, 2.24) is 10.2 Å². The average molecular weight is 382 g/mol. The second-order valence-electron chi connectivity index (χ2n) is 7.35. The fraction of sp³-hybridized carbons (Fsp3) is 0.600. The number of nitrogens with one attached hydrogen (secondary N) is 1. The van der Waals surface area contributed by atoms with Crippen LogP contribution < -0.4 is 11.1 Å². The molecule has 5 nitrogen and oxygen atoms in total. The van der Waals surface area contributed by atoms with Gasteiger partial charge in [0.25, 0.3) is 0 Å². The molecular weight excluding hydrogens is 350 g/mol. The highest BCUT2D eigenvalue weighted by molar-refractivity contribution is 5.85. The molecule has 1 atom stereocenters. The molecule has 2 amide bonds. The molecule has 146 valence electrons. The molecule has 1 aromatic rings. The number of benzene rings is 1. The van der Waals surface area contributed by atoms with Crippen molar-refractivity contribution in [3.05, 3.63) is 35.4 Å². The fourth-order valence-electron chi connectivity index (χ4n) is 3.31. The van der Waals surface area contributed by atoms with Crippen LogP contribution in [0.25, 0.3) is 0 Å². The average Bonchev–Trinajstić information content (AvgIpc) is 2.61. The highest BCUT2D eigenvalue weighted by Gasteiger charge is 2.28. The summed E-state index contributed by atoms with van der Waals surface area (Å²) in [6.07, 6.45) is 3.17. The summed E-state index contributed by atoms with van der Waals surface area (Å²) in [7, 11) is 0. The first-order valence-electron chi connectivity index (χ1n) is 9.33. The van der Waals surface area contributed by atoms with E-state index in [9.17, 15) is 9.59 Å². The van der Waals surface area contributed by atoms with Crippen molar-refractivity contribution >= 4 is 24.2 Å².